The average molecular weight is 382 g/mol. The summed E-state index contributed by atoms with van der Waals surface area (Å²) in [5.74, 6) is 0.771. The molecule has 1 aromatic heterocycles. The minimum Gasteiger partial charge on any atom is -0.310 e. The summed E-state index contributed by atoms with van der Waals surface area (Å²) in [6.07, 6.45) is 8.08. The van der Waals surface area contributed by atoms with E-state index in [0.29, 0.717) is 6.42 Å². The van der Waals surface area contributed by atoms with Gasteiger partial charge in [0.25, 0.3) is 5.56 Å². The number of allylic oxidation sites excluding steroid dienone is 4. The minimum absolute atomic E-state index is 0.0292. The Hall–Kier alpha value is -2.17. The first-order valence-electron chi connectivity index (χ1n) is 9.59. The average Bonchev–Trinajstić information content (AvgIpc) is 2.87. The van der Waals surface area contributed by atoms with Gasteiger partial charge in [-0.3, -0.25) is 9.69 Å². The molecule has 4 rings (SSSR count). The maximum atomic E-state index is 12.6. The molecule has 0 saturated heterocycles. The van der Waals surface area contributed by atoms with E-state index in [2.05, 4.69) is 40.2 Å². The van der Waals surface area contributed by atoms with Crippen molar-refractivity contribution in [3.63, 3.8) is 0 Å². The van der Waals surface area contributed by atoms with Crippen LogP contribution < -0.4 is 5.56 Å². The summed E-state index contributed by atoms with van der Waals surface area (Å²) in [5.41, 5.74) is 4.43. The lowest BCUT2D eigenvalue weighted by molar-refractivity contribution is 0.279. The van der Waals surface area contributed by atoms with Crippen molar-refractivity contribution in [1.29, 1.82) is 0 Å². The molecule has 0 saturated carbocycles. The third kappa shape index (κ3) is 4.57. The monoisotopic (exact) mass is 381 g/mol. The van der Waals surface area contributed by atoms with Crippen LogP contribution in [0.15, 0.2) is 57.9 Å². The van der Waals surface area contributed by atoms with Gasteiger partial charge in [0, 0.05) is 43.1 Å². The first kappa shape index (κ1) is 18.2. The number of hydrogen-bond acceptors (Lipinski definition) is 3. The highest BCUT2D eigenvalue weighted by Gasteiger charge is 2.19. The highest BCUT2D eigenvalue weighted by Crippen LogP contribution is 2.23. The van der Waals surface area contributed by atoms with Crippen molar-refractivity contribution in [1.82, 2.24) is 14.9 Å². The maximum absolute atomic E-state index is 12.6. The second kappa shape index (κ2) is 8.24. The fourth-order valence-electron chi connectivity index (χ4n) is 3.81. The first-order valence-corrected chi connectivity index (χ1v) is 9.96. The van der Waals surface area contributed by atoms with E-state index in [1.54, 1.807) is 0 Å². The molecule has 0 radical (unpaired) electrons. The molecule has 2 aliphatic rings. The van der Waals surface area contributed by atoms with Gasteiger partial charge < -0.3 is 4.98 Å². The predicted molar refractivity (Wildman–Crippen MR) is 109 cm³/mol. The summed E-state index contributed by atoms with van der Waals surface area (Å²) in [5, 5.41) is 0.889. The van der Waals surface area contributed by atoms with Crippen LogP contribution in [0.4, 0.5) is 0 Å². The van der Waals surface area contributed by atoms with Gasteiger partial charge in [-0.2, -0.15) is 0 Å². The van der Waals surface area contributed by atoms with Gasteiger partial charge in [0.05, 0.1) is 5.69 Å². The van der Waals surface area contributed by atoms with Crippen molar-refractivity contribution in [2.24, 2.45) is 0 Å². The first-order chi connectivity index (χ1) is 13.2. The second-order valence-electron chi connectivity index (χ2n) is 7.31. The molecule has 2 aromatic rings. The van der Waals surface area contributed by atoms with E-state index < -0.39 is 0 Å². The lowest BCUT2D eigenvalue weighted by Crippen LogP contribution is -2.26. The number of aromatic nitrogens is 2. The quantitative estimate of drug-likeness (QED) is 0.877. The van der Waals surface area contributed by atoms with Crippen molar-refractivity contribution < 1.29 is 0 Å². The normalized spacial score (nSPS) is 17.7. The van der Waals surface area contributed by atoms with Gasteiger partial charge >= 0.3 is 0 Å². The van der Waals surface area contributed by atoms with Crippen molar-refractivity contribution in [2.75, 3.05) is 13.1 Å². The lowest BCUT2D eigenvalue weighted by atomic mass is 10.0. The molecule has 0 unspecified atom stereocenters. The summed E-state index contributed by atoms with van der Waals surface area (Å²) in [7, 11) is 0. The van der Waals surface area contributed by atoms with E-state index in [1.165, 1.54) is 11.1 Å². The molecule has 0 bridgehead atoms. The minimum atomic E-state index is 0.0292. The van der Waals surface area contributed by atoms with Gasteiger partial charge in [0.2, 0.25) is 0 Å². The Morgan fingerprint density at radius 2 is 1.85 bits per heavy atom. The Morgan fingerprint density at radius 3 is 2.63 bits per heavy atom. The van der Waals surface area contributed by atoms with Crippen LogP contribution in [0.1, 0.15) is 35.5 Å². The third-order valence-corrected chi connectivity index (χ3v) is 5.64. The highest BCUT2D eigenvalue weighted by atomic mass is 35.5. The zero-order valence-corrected chi connectivity index (χ0v) is 16.1. The number of nitrogens with zero attached hydrogens (tertiary/aromatic N) is 2. The summed E-state index contributed by atoms with van der Waals surface area (Å²) in [6, 6.07) is 10.5. The molecule has 27 heavy (non-hydrogen) atoms. The number of benzene rings is 1. The molecule has 2 heterocycles. The molecule has 0 fully saturated rings. The number of rotatable bonds is 4. The number of nitrogens with one attached hydrogen (secondary N) is 1. The zero-order chi connectivity index (χ0) is 18.6. The van der Waals surface area contributed by atoms with E-state index in [-0.39, 0.29) is 5.56 Å². The van der Waals surface area contributed by atoms with Crippen molar-refractivity contribution in [2.45, 2.75) is 38.6 Å². The maximum Gasteiger partial charge on any atom is 0.254 e. The van der Waals surface area contributed by atoms with Crippen LogP contribution in [0.25, 0.3) is 0 Å². The summed E-state index contributed by atoms with van der Waals surface area (Å²) in [6.45, 7) is 2.73. The molecule has 0 spiro atoms. The summed E-state index contributed by atoms with van der Waals surface area (Å²) in [4.78, 5) is 22.9. The molecular formula is C22H24ClN3O. The van der Waals surface area contributed by atoms with Crippen molar-refractivity contribution in [3.8, 4) is 0 Å². The Bertz CT molecular complexity index is 930. The van der Waals surface area contributed by atoms with Crippen LogP contribution in [0, 0.1) is 0 Å². The van der Waals surface area contributed by atoms with Gasteiger partial charge in [-0.25, -0.2) is 4.98 Å². The molecule has 0 amide bonds. The molecule has 4 nitrogen and oxygen atoms in total. The molecule has 140 valence electrons. The molecule has 1 aromatic carbocycles. The van der Waals surface area contributed by atoms with Gasteiger partial charge in [0.1, 0.15) is 5.82 Å². The Labute approximate surface area is 164 Å². The molecule has 1 N–H and O–H groups in total. The van der Waals surface area contributed by atoms with Gasteiger partial charge in [0.15, 0.2) is 0 Å². The molecule has 0 atom stereocenters. The van der Waals surface area contributed by atoms with Crippen LogP contribution in [0.2, 0.25) is 0 Å². The smallest absolute Gasteiger partial charge is 0.254 e. The molecule has 1 aliphatic heterocycles. The Balaban J connectivity index is 1.48. The van der Waals surface area contributed by atoms with Crippen LogP contribution in [-0.4, -0.2) is 28.0 Å². The SMILES string of the molecule is O=c1[nH]c(CC2=CC=C(Cl)CC2)nc2c1CCN(Cc1ccccc1)CC2. The van der Waals surface area contributed by atoms with Crippen LogP contribution in [0.5, 0.6) is 0 Å². The Kier molecular flexibility index (Phi) is 5.55. The van der Waals surface area contributed by atoms with Crippen LogP contribution in [0.3, 0.4) is 0 Å². The largest absolute Gasteiger partial charge is 0.310 e. The predicted octanol–water partition coefficient (Wildman–Crippen LogP) is 3.76. The standard InChI is InChI=1S/C22H24ClN3O/c23-18-8-6-16(7-9-18)14-21-24-20-11-13-26(12-10-19(20)22(27)25-21)15-17-4-2-1-3-5-17/h1-6,8H,7,9-15H2,(H,24,25,27). The highest BCUT2D eigenvalue weighted by molar-refractivity contribution is 6.29. The van der Waals surface area contributed by atoms with Gasteiger partial charge in [-0.15, -0.1) is 0 Å². The number of hydrogen-bond donors (Lipinski definition) is 1. The van der Waals surface area contributed by atoms with Crippen LogP contribution in [-0.2, 0) is 25.8 Å². The van der Waals surface area contributed by atoms with E-state index >= 15 is 0 Å². The molecule has 1 aliphatic carbocycles. The van der Waals surface area contributed by atoms with Gasteiger partial charge in [-0.05, 0) is 30.9 Å². The second-order valence-corrected chi connectivity index (χ2v) is 7.80. The number of fused-ring (bicyclic) bond motifs is 1. The molecule has 5 heteroatoms. The van der Waals surface area contributed by atoms with Crippen molar-refractivity contribution in [3.05, 3.63) is 86.1 Å². The van der Waals surface area contributed by atoms with E-state index in [0.717, 1.165) is 67.4 Å². The number of H-pyrrole nitrogens is 1. The third-order valence-electron chi connectivity index (χ3n) is 5.32. The fourth-order valence-corrected chi connectivity index (χ4v) is 3.96. The van der Waals surface area contributed by atoms with E-state index in [4.69, 9.17) is 16.6 Å². The van der Waals surface area contributed by atoms with Crippen molar-refractivity contribution >= 4 is 11.6 Å². The van der Waals surface area contributed by atoms with Gasteiger partial charge in [-0.1, -0.05) is 53.6 Å². The number of halogens is 1. The Morgan fingerprint density at radius 1 is 1.04 bits per heavy atom. The summed E-state index contributed by atoms with van der Waals surface area (Å²) >= 11 is 6.03. The lowest BCUT2D eigenvalue weighted by Gasteiger charge is -2.19. The topological polar surface area (TPSA) is 49.0 Å². The zero-order valence-electron chi connectivity index (χ0n) is 15.4. The number of aromatic amines is 1. The van der Waals surface area contributed by atoms with E-state index in [1.807, 2.05) is 12.1 Å². The van der Waals surface area contributed by atoms with E-state index in [9.17, 15) is 4.79 Å². The molecular weight excluding hydrogens is 358 g/mol. The summed E-state index contributed by atoms with van der Waals surface area (Å²) < 4.78 is 0. The van der Waals surface area contributed by atoms with Crippen LogP contribution >= 0.6 is 11.6 Å². The fraction of sp³-hybridized carbons (Fsp3) is 0.364.